The lowest BCUT2D eigenvalue weighted by molar-refractivity contribution is 0.625. The highest BCUT2D eigenvalue weighted by Gasteiger charge is 2.09. The second kappa shape index (κ2) is 11.8. The summed E-state index contributed by atoms with van der Waals surface area (Å²) in [4.78, 5) is 4.78. The van der Waals surface area contributed by atoms with Gasteiger partial charge in [-0.05, 0) is 43.4 Å². The fourth-order valence-corrected chi connectivity index (χ4v) is 3.71. The SMILES string of the molecule is Cc1nnc(CN=C(NCCCn2ccc3ccccc32)NC(C)c2ccccc2)n1C.I. The van der Waals surface area contributed by atoms with Gasteiger partial charge in [0, 0.05) is 31.9 Å². The van der Waals surface area contributed by atoms with Crippen LogP contribution in [0.1, 0.15) is 36.6 Å². The van der Waals surface area contributed by atoms with E-state index in [1.807, 2.05) is 24.6 Å². The monoisotopic (exact) mass is 557 g/mol. The van der Waals surface area contributed by atoms with Gasteiger partial charge in [-0.1, -0.05) is 48.5 Å². The van der Waals surface area contributed by atoms with E-state index in [2.05, 4.69) is 93.1 Å². The van der Waals surface area contributed by atoms with Crippen LogP contribution in [-0.2, 0) is 20.1 Å². The van der Waals surface area contributed by atoms with Crippen LogP contribution in [0, 0.1) is 6.92 Å². The van der Waals surface area contributed by atoms with Crippen LogP contribution in [0.2, 0.25) is 0 Å². The highest BCUT2D eigenvalue weighted by Crippen LogP contribution is 2.15. The third-order valence-electron chi connectivity index (χ3n) is 5.76. The van der Waals surface area contributed by atoms with E-state index in [0.29, 0.717) is 6.54 Å². The van der Waals surface area contributed by atoms with E-state index in [-0.39, 0.29) is 30.0 Å². The molecule has 0 radical (unpaired) electrons. The Morgan fingerprint density at radius 2 is 1.79 bits per heavy atom. The molecule has 0 saturated carbocycles. The van der Waals surface area contributed by atoms with Gasteiger partial charge >= 0.3 is 0 Å². The fraction of sp³-hybridized carbons (Fsp3) is 0.320. The molecule has 0 aliphatic heterocycles. The number of fused-ring (bicyclic) bond motifs is 1. The Morgan fingerprint density at radius 3 is 2.55 bits per heavy atom. The van der Waals surface area contributed by atoms with Crippen molar-refractivity contribution >= 4 is 40.8 Å². The minimum absolute atomic E-state index is 0. The normalized spacial score (nSPS) is 12.4. The molecular weight excluding hydrogens is 525 g/mol. The number of nitrogens with one attached hydrogen (secondary N) is 2. The number of para-hydroxylation sites is 1. The van der Waals surface area contributed by atoms with Crippen molar-refractivity contribution in [1.82, 2.24) is 30.0 Å². The molecule has 1 atom stereocenters. The van der Waals surface area contributed by atoms with Crippen LogP contribution in [0.3, 0.4) is 0 Å². The molecule has 8 heteroatoms. The van der Waals surface area contributed by atoms with E-state index in [0.717, 1.165) is 37.1 Å². The summed E-state index contributed by atoms with van der Waals surface area (Å²) in [7, 11) is 1.97. The molecule has 7 nitrogen and oxygen atoms in total. The third kappa shape index (κ3) is 6.34. The summed E-state index contributed by atoms with van der Waals surface area (Å²) in [6.45, 7) is 6.32. The lowest BCUT2D eigenvalue weighted by atomic mass is 10.1. The zero-order valence-electron chi connectivity index (χ0n) is 19.4. The maximum Gasteiger partial charge on any atom is 0.192 e. The first kappa shape index (κ1) is 24.8. The van der Waals surface area contributed by atoms with Crippen LogP contribution >= 0.6 is 24.0 Å². The number of hydrogen-bond donors (Lipinski definition) is 2. The van der Waals surface area contributed by atoms with Gasteiger partial charge in [0.25, 0.3) is 0 Å². The first-order valence-electron chi connectivity index (χ1n) is 11.1. The molecule has 0 bridgehead atoms. The Balaban J connectivity index is 0.00000306. The highest BCUT2D eigenvalue weighted by molar-refractivity contribution is 14.0. The Bertz CT molecular complexity index is 1180. The van der Waals surface area contributed by atoms with E-state index in [4.69, 9.17) is 4.99 Å². The molecule has 0 aliphatic rings. The van der Waals surface area contributed by atoms with Crippen LogP contribution in [0.5, 0.6) is 0 Å². The molecule has 0 spiro atoms. The molecule has 1 unspecified atom stereocenters. The zero-order chi connectivity index (χ0) is 22.3. The van der Waals surface area contributed by atoms with E-state index in [9.17, 15) is 0 Å². The maximum atomic E-state index is 4.78. The summed E-state index contributed by atoms with van der Waals surface area (Å²) in [6.07, 6.45) is 3.15. The minimum Gasteiger partial charge on any atom is -0.356 e. The number of aryl methyl sites for hydroxylation is 2. The molecule has 174 valence electrons. The molecule has 33 heavy (non-hydrogen) atoms. The summed E-state index contributed by atoms with van der Waals surface area (Å²) >= 11 is 0. The average Bonchev–Trinajstić information content (AvgIpc) is 3.38. The summed E-state index contributed by atoms with van der Waals surface area (Å²) in [5, 5.41) is 16.7. The quantitative estimate of drug-likeness (QED) is 0.144. The first-order valence-corrected chi connectivity index (χ1v) is 11.1. The number of guanidine groups is 1. The van der Waals surface area contributed by atoms with Crippen molar-refractivity contribution in [3.8, 4) is 0 Å². The molecule has 2 aromatic heterocycles. The van der Waals surface area contributed by atoms with Gasteiger partial charge in [0.1, 0.15) is 12.4 Å². The van der Waals surface area contributed by atoms with Crippen molar-refractivity contribution in [2.45, 2.75) is 39.4 Å². The molecule has 0 aliphatic carbocycles. The van der Waals surface area contributed by atoms with Crippen molar-refractivity contribution in [2.75, 3.05) is 6.54 Å². The molecule has 0 fully saturated rings. The van der Waals surface area contributed by atoms with Gasteiger partial charge in [-0.2, -0.15) is 0 Å². The van der Waals surface area contributed by atoms with Crippen LogP contribution < -0.4 is 10.6 Å². The van der Waals surface area contributed by atoms with Crippen LogP contribution in [-0.4, -0.2) is 31.8 Å². The summed E-state index contributed by atoms with van der Waals surface area (Å²) in [5.74, 6) is 2.50. The third-order valence-corrected chi connectivity index (χ3v) is 5.76. The largest absolute Gasteiger partial charge is 0.356 e. The molecule has 2 heterocycles. The summed E-state index contributed by atoms with van der Waals surface area (Å²) < 4.78 is 4.27. The maximum absolute atomic E-state index is 4.78. The standard InChI is InChI=1S/C25H31N7.HI/c1-19(21-10-5-4-6-11-21)28-25(27-18-24-30-29-20(2)31(24)3)26-15-9-16-32-17-14-22-12-7-8-13-23(22)32;/h4-8,10-14,17,19H,9,15-16,18H2,1-3H3,(H2,26,27,28);1H. The van der Waals surface area contributed by atoms with Gasteiger partial charge in [0.2, 0.25) is 0 Å². The molecule has 2 aromatic carbocycles. The van der Waals surface area contributed by atoms with Gasteiger partial charge in [-0.15, -0.1) is 34.2 Å². The van der Waals surface area contributed by atoms with Crippen molar-refractivity contribution in [3.05, 3.63) is 84.1 Å². The molecule has 2 N–H and O–H groups in total. The predicted octanol–water partition coefficient (Wildman–Crippen LogP) is 4.58. The Hall–Kier alpha value is -2.88. The van der Waals surface area contributed by atoms with Gasteiger partial charge in [-0.25, -0.2) is 4.99 Å². The van der Waals surface area contributed by atoms with E-state index >= 15 is 0 Å². The lowest BCUT2D eigenvalue weighted by Gasteiger charge is -2.19. The van der Waals surface area contributed by atoms with Crippen molar-refractivity contribution in [3.63, 3.8) is 0 Å². The molecular formula is C25H32IN7. The molecule has 4 rings (SSSR count). The van der Waals surface area contributed by atoms with Crippen molar-refractivity contribution in [2.24, 2.45) is 12.0 Å². The second-order valence-electron chi connectivity index (χ2n) is 8.01. The van der Waals surface area contributed by atoms with Crippen LogP contribution in [0.25, 0.3) is 10.9 Å². The first-order chi connectivity index (χ1) is 15.6. The Kier molecular flexibility index (Phi) is 8.87. The van der Waals surface area contributed by atoms with Gasteiger partial charge in [0.05, 0.1) is 6.04 Å². The van der Waals surface area contributed by atoms with Gasteiger partial charge in [-0.3, -0.25) is 0 Å². The number of hydrogen-bond acceptors (Lipinski definition) is 3. The Morgan fingerprint density at radius 1 is 1.03 bits per heavy atom. The smallest absolute Gasteiger partial charge is 0.192 e. The molecule has 0 amide bonds. The van der Waals surface area contributed by atoms with E-state index in [1.165, 1.54) is 16.5 Å². The molecule has 0 saturated heterocycles. The highest BCUT2D eigenvalue weighted by atomic mass is 127. The van der Waals surface area contributed by atoms with Crippen molar-refractivity contribution in [1.29, 1.82) is 0 Å². The summed E-state index contributed by atoms with van der Waals surface area (Å²) in [6, 6.07) is 21.2. The number of benzene rings is 2. The van der Waals surface area contributed by atoms with Crippen molar-refractivity contribution < 1.29 is 0 Å². The number of rotatable bonds is 8. The zero-order valence-corrected chi connectivity index (χ0v) is 21.7. The second-order valence-corrected chi connectivity index (χ2v) is 8.01. The number of nitrogens with zero attached hydrogens (tertiary/aromatic N) is 5. The Labute approximate surface area is 212 Å². The topological polar surface area (TPSA) is 72.1 Å². The fourth-order valence-electron chi connectivity index (χ4n) is 3.71. The minimum atomic E-state index is 0. The average molecular weight is 557 g/mol. The lowest BCUT2D eigenvalue weighted by Crippen LogP contribution is -2.39. The van der Waals surface area contributed by atoms with Gasteiger partial charge < -0.3 is 19.8 Å². The summed E-state index contributed by atoms with van der Waals surface area (Å²) in [5.41, 5.74) is 2.49. The predicted molar refractivity (Wildman–Crippen MR) is 145 cm³/mol. The number of aliphatic imine (C=N–C) groups is 1. The molecule has 4 aromatic rings. The number of aromatic nitrogens is 4. The van der Waals surface area contributed by atoms with E-state index < -0.39 is 0 Å². The van der Waals surface area contributed by atoms with Crippen LogP contribution in [0.4, 0.5) is 0 Å². The number of halogens is 1. The van der Waals surface area contributed by atoms with E-state index in [1.54, 1.807) is 0 Å². The van der Waals surface area contributed by atoms with Crippen LogP contribution in [0.15, 0.2) is 71.9 Å². The van der Waals surface area contributed by atoms with Gasteiger partial charge in [0.15, 0.2) is 11.8 Å².